The van der Waals surface area contributed by atoms with Crippen LogP contribution in [-0.4, -0.2) is 59.6 Å². The van der Waals surface area contributed by atoms with Crippen LogP contribution in [0.5, 0.6) is 11.5 Å². The molecule has 0 fully saturated rings. The summed E-state index contributed by atoms with van der Waals surface area (Å²) in [5.41, 5.74) is 3.40. The van der Waals surface area contributed by atoms with Crippen LogP contribution >= 0.6 is 31.9 Å². The van der Waals surface area contributed by atoms with Crippen molar-refractivity contribution in [1.82, 2.24) is 19.9 Å². The maximum Gasteiger partial charge on any atom is 0.146 e. The molecule has 0 aliphatic carbocycles. The minimum atomic E-state index is 0.412. The van der Waals surface area contributed by atoms with Crippen LogP contribution in [-0.2, 0) is 9.47 Å². The molecule has 0 saturated heterocycles. The highest BCUT2D eigenvalue weighted by Crippen LogP contribution is 2.30. The molecule has 0 N–H and O–H groups in total. The van der Waals surface area contributed by atoms with Crippen LogP contribution in [0, 0.1) is 13.8 Å². The van der Waals surface area contributed by atoms with E-state index in [0.717, 1.165) is 42.1 Å². The molecule has 4 rings (SSSR count). The Kier molecular flexibility index (Phi) is 8.60. The Bertz CT molecular complexity index is 1190. The number of nitrogens with zero attached hydrogens (tertiary/aromatic N) is 4. The molecule has 0 atom stereocenters. The fourth-order valence-electron chi connectivity index (χ4n) is 3.42. The van der Waals surface area contributed by atoms with Crippen LogP contribution < -0.4 is 9.47 Å². The molecule has 2 aromatic heterocycles. The zero-order valence-electron chi connectivity index (χ0n) is 18.9. The third kappa shape index (κ3) is 6.18. The zero-order valence-corrected chi connectivity index (χ0v) is 22.1. The van der Waals surface area contributed by atoms with Crippen LogP contribution in [0.1, 0.15) is 11.4 Å². The van der Waals surface area contributed by atoms with E-state index in [1.54, 1.807) is 12.7 Å². The Morgan fingerprint density at radius 2 is 1.00 bits per heavy atom. The highest BCUT2D eigenvalue weighted by molar-refractivity contribution is 9.10. The van der Waals surface area contributed by atoms with Gasteiger partial charge in [0, 0.05) is 31.1 Å². The van der Waals surface area contributed by atoms with Gasteiger partial charge in [-0.25, -0.2) is 19.9 Å². The van der Waals surface area contributed by atoms with Gasteiger partial charge in [0.05, 0.1) is 26.4 Å². The number of benzene rings is 2. The summed E-state index contributed by atoms with van der Waals surface area (Å²) in [6.07, 6.45) is 3.09. The lowest BCUT2D eigenvalue weighted by molar-refractivity contribution is 0.0276. The number of rotatable bonds is 11. The van der Waals surface area contributed by atoms with E-state index < -0.39 is 0 Å². The molecule has 0 spiro atoms. The molecule has 0 aliphatic rings. The molecular formula is C24H24Br2N4O4. The van der Waals surface area contributed by atoms with Crippen molar-refractivity contribution in [2.24, 2.45) is 0 Å². The largest absolute Gasteiger partial charge is 0.489 e. The minimum absolute atomic E-state index is 0.412. The molecule has 2 aromatic carbocycles. The number of hydrogen-bond acceptors (Lipinski definition) is 8. The Morgan fingerprint density at radius 3 is 1.44 bits per heavy atom. The molecule has 0 unspecified atom stereocenters. The Labute approximate surface area is 214 Å². The van der Waals surface area contributed by atoms with Crippen LogP contribution in [0.4, 0.5) is 0 Å². The normalized spacial score (nSPS) is 11.3. The van der Waals surface area contributed by atoms with E-state index in [2.05, 4.69) is 51.8 Å². The summed E-state index contributed by atoms with van der Waals surface area (Å²) in [5, 5.41) is 1.92. The molecule has 178 valence electrons. The molecule has 2 heterocycles. The molecule has 10 heteroatoms. The molecule has 0 saturated carbocycles. The van der Waals surface area contributed by atoms with Gasteiger partial charge in [0.25, 0.3) is 0 Å². The monoisotopic (exact) mass is 590 g/mol. The second kappa shape index (κ2) is 11.8. The number of fused-ring (bicyclic) bond motifs is 2. The standard InChI is InChI=1S/C24H24Br2N4O4/c1-15-19-9-17(25)11-21(23(19)29-13-27-15)33-7-5-31-3-4-32-6-8-34-22-12-18(26)10-20-16(2)28-14-30-24(20)22/h9-14H,3-8H2,1-2H3. The van der Waals surface area contributed by atoms with Gasteiger partial charge in [-0.2, -0.15) is 0 Å². The highest BCUT2D eigenvalue weighted by atomic mass is 79.9. The van der Waals surface area contributed by atoms with E-state index in [-0.39, 0.29) is 0 Å². The third-order valence-corrected chi connectivity index (χ3v) is 5.99. The summed E-state index contributed by atoms with van der Waals surface area (Å²) < 4.78 is 24.8. The van der Waals surface area contributed by atoms with Gasteiger partial charge in [-0.1, -0.05) is 31.9 Å². The molecule has 0 amide bonds. The van der Waals surface area contributed by atoms with Crippen molar-refractivity contribution in [3.63, 3.8) is 0 Å². The predicted molar refractivity (Wildman–Crippen MR) is 137 cm³/mol. The van der Waals surface area contributed by atoms with Crippen molar-refractivity contribution < 1.29 is 18.9 Å². The van der Waals surface area contributed by atoms with Gasteiger partial charge in [-0.15, -0.1) is 0 Å². The van der Waals surface area contributed by atoms with Crippen LogP contribution in [0.3, 0.4) is 0 Å². The molecule has 0 bridgehead atoms. The first-order valence-electron chi connectivity index (χ1n) is 10.8. The van der Waals surface area contributed by atoms with E-state index in [9.17, 15) is 0 Å². The van der Waals surface area contributed by atoms with Gasteiger partial charge in [-0.3, -0.25) is 0 Å². The first-order chi connectivity index (χ1) is 16.5. The average Bonchev–Trinajstić information content (AvgIpc) is 2.81. The van der Waals surface area contributed by atoms with Gasteiger partial charge in [0.1, 0.15) is 48.4 Å². The summed E-state index contributed by atoms with van der Waals surface area (Å²) in [6, 6.07) is 7.78. The number of ether oxygens (including phenoxy) is 4. The molecule has 0 radical (unpaired) electrons. The summed E-state index contributed by atoms with van der Waals surface area (Å²) in [5.74, 6) is 1.40. The van der Waals surface area contributed by atoms with E-state index in [1.807, 2.05) is 38.1 Å². The topological polar surface area (TPSA) is 88.5 Å². The summed E-state index contributed by atoms with van der Waals surface area (Å²) in [4.78, 5) is 17.2. The summed E-state index contributed by atoms with van der Waals surface area (Å²) in [7, 11) is 0. The maximum absolute atomic E-state index is 5.88. The van der Waals surface area contributed by atoms with Crippen molar-refractivity contribution in [2.75, 3.05) is 39.6 Å². The highest BCUT2D eigenvalue weighted by Gasteiger charge is 2.10. The Hall–Kier alpha value is -2.40. The third-order valence-electron chi connectivity index (χ3n) is 5.08. The summed E-state index contributed by atoms with van der Waals surface area (Å²) in [6.45, 7) is 6.55. The van der Waals surface area contributed by atoms with Gasteiger partial charge in [0.15, 0.2) is 0 Å². The maximum atomic E-state index is 5.88. The number of hydrogen-bond donors (Lipinski definition) is 0. The van der Waals surface area contributed by atoms with E-state index in [4.69, 9.17) is 18.9 Å². The van der Waals surface area contributed by atoms with Crippen molar-refractivity contribution >= 4 is 53.7 Å². The lowest BCUT2D eigenvalue weighted by atomic mass is 10.2. The second-order valence-electron chi connectivity index (χ2n) is 7.44. The number of aryl methyl sites for hydroxylation is 2. The quantitative estimate of drug-likeness (QED) is 0.220. The smallest absolute Gasteiger partial charge is 0.146 e. The van der Waals surface area contributed by atoms with Crippen molar-refractivity contribution in [1.29, 1.82) is 0 Å². The SMILES string of the molecule is Cc1ncnc2c(OCCOCCOCCOc3cc(Br)cc4c(C)ncnc34)cc(Br)cc12. The second-order valence-corrected chi connectivity index (χ2v) is 9.27. The van der Waals surface area contributed by atoms with Gasteiger partial charge < -0.3 is 18.9 Å². The fourth-order valence-corrected chi connectivity index (χ4v) is 4.29. The minimum Gasteiger partial charge on any atom is -0.489 e. The molecular weight excluding hydrogens is 568 g/mol. The molecule has 0 aliphatic heterocycles. The van der Waals surface area contributed by atoms with Crippen molar-refractivity contribution in [3.8, 4) is 11.5 Å². The van der Waals surface area contributed by atoms with Crippen LogP contribution in [0.25, 0.3) is 21.8 Å². The lowest BCUT2D eigenvalue weighted by Gasteiger charge is -2.12. The molecule has 8 nitrogen and oxygen atoms in total. The molecule has 4 aromatic rings. The fraction of sp³-hybridized carbons (Fsp3) is 0.333. The van der Waals surface area contributed by atoms with Crippen molar-refractivity contribution in [3.05, 3.63) is 57.3 Å². The van der Waals surface area contributed by atoms with Gasteiger partial charge in [-0.05, 0) is 38.1 Å². The van der Waals surface area contributed by atoms with Gasteiger partial charge >= 0.3 is 0 Å². The lowest BCUT2D eigenvalue weighted by Crippen LogP contribution is -2.13. The number of halogens is 2. The van der Waals surface area contributed by atoms with Crippen LogP contribution in [0.2, 0.25) is 0 Å². The Morgan fingerprint density at radius 1 is 0.588 bits per heavy atom. The Balaban J connectivity index is 1.14. The summed E-state index contributed by atoms with van der Waals surface area (Å²) >= 11 is 7.02. The van der Waals surface area contributed by atoms with E-state index in [0.29, 0.717) is 51.1 Å². The molecule has 34 heavy (non-hydrogen) atoms. The predicted octanol–water partition coefficient (Wildman–Crippen LogP) is 5.21. The average molecular weight is 592 g/mol. The zero-order chi connectivity index (χ0) is 23.9. The van der Waals surface area contributed by atoms with Crippen molar-refractivity contribution in [2.45, 2.75) is 13.8 Å². The number of aromatic nitrogens is 4. The van der Waals surface area contributed by atoms with Crippen LogP contribution in [0.15, 0.2) is 45.9 Å². The van der Waals surface area contributed by atoms with Gasteiger partial charge in [0.2, 0.25) is 0 Å². The first kappa shape index (κ1) is 24.7. The van der Waals surface area contributed by atoms with E-state index >= 15 is 0 Å². The van der Waals surface area contributed by atoms with E-state index in [1.165, 1.54) is 0 Å². The first-order valence-corrected chi connectivity index (χ1v) is 12.3.